The highest BCUT2D eigenvalue weighted by atomic mass is 35.5. The summed E-state index contributed by atoms with van der Waals surface area (Å²) < 4.78 is 14.2. The third-order valence-corrected chi connectivity index (χ3v) is 5.85. The van der Waals surface area contributed by atoms with E-state index in [4.69, 9.17) is 0 Å². The van der Waals surface area contributed by atoms with Gasteiger partial charge in [-0.25, -0.2) is 9.37 Å². The van der Waals surface area contributed by atoms with Gasteiger partial charge in [-0.1, -0.05) is 23.5 Å². The number of anilines is 1. The molecular formula is C21H20ClFN4O3S. The van der Waals surface area contributed by atoms with Crippen LogP contribution in [-0.2, 0) is 4.79 Å². The number of benzene rings is 2. The van der Waals surface area contributed by atoms with Gasteiger partial charge in [0.05, 0.1) is 21.3 Å². The van der Waals surface area contributed by atoms with Crippen LogP contribution >= 0.6 is 23.7 Å². The van der Waals surface area contributed by atoms with Crippen molar-refractivity contribution in [2.24, 2.45) is 0 Å². The van der Waals surface area contributed by atoms with Crippen LogP contribution in [0.1, 0.15) is 20.7 Å². The van der Waals surface area contributed by atoms with Crippen molar-refractivity contribution in [1.82, 2.24) is 14.8 Å². The molecule has 1 aliphatic rings. The maximum absolute atomic E-state index is 13.6. The second kappa shape index (κ2) is 9.09. The van der Waals surface area contributed by atoms with E-state index in [0.29, 0.717) is 39.6 Å². The van der Waals surface area contributed by atoms with E-state index in [9.17, 15) is 18.8 Å². The van der Waals surface area contributed by atoms with E-state index in [2.05, 4.69) is 4.98 Å². The van der Waals surface area contributed by atoms with Crippen LogP contribution in [0.4, 0.5) is 9.52 Å². The fourth-order valence-corrected chi connectivity index (χ4v) is 4.27. The number of thiazole rings is 1. The second-order valence-electron chi connectivity index (χ2n) is 7.20. The van der Waals surface area contributed by atoms with Gasteiger partial charge in [0, 0.05) is 13.1 Å². The number of carbonyl (C=O) groups excluding carboxylic acids is 3. The normalized spacial score (nSPS) is 13.0. The predicted molar refractivity (Wildman–Crippen MR) is 120 cm³/mol. The van der Waals surface area contributed by atoms with E-state index >= 15 is 0 Å². The molecule has 0 fully saturated rings. The smallest absolute Gasteiger partial charge is 0.262 e. The average Bonchev–Trinajstić information content (AvgIpc) is 3.22. The van der Waals surface area contributed by atoms with Gasteiger partial charge in [-0.2, -0.15) is 0 Å². The third kappa shape index (κ3) is 4.43. The van der Waals surface area contributed by atoms with Gasteiger partial charge < -0.3 is 4.90 Å². The molecule has 0 N–H and O–H groups in total. The van der Waals surface area contributed by atoms with E-state index in [-0.39, 0.29) is 24.8 Å². The van der Waals surface area contributed by atoms with E-state index in [0.717, 1.165) is 4.90 Å². The van der Waals surface area contributed by atoms with E-state index in [1.807, 2.05) is 19.0 Å². The first kappa shape index (κ1) is 22.8. The van der Waals surface area contributed by atoms with Crippen molar-refractivity contribution in [3.05, 3.63) is 59.4 Å². The first-order valence-electron chi connectivity index (χ1n) is 9.31. The summed E-state index contributed by atoms with van der Waals surface area (Å²) in [4.78, 5) is 47.2. The van der Waals surface area contributed by atoms with Crippen LogP contribution in [0, 0.1) is 5.82 Å². The minimum Gasteiger partial charge on any atom is -0.308 e. The predicted octanol–water partition coefficient (Wildman–Crippen LogP) is 3.05. The Morgan fingerprint density at radius 3 is 2.32 bits per heavy atom. The van der Waals surface area contributed by atoms with Gasteiger partial charge in [0.1, 0.15) is 12.4 Å². The van der Waals surface area contributed by atoms with Crippen molar-refractivity contribution < 1.29 is 18.8 Å². The maximum Gasteiger partial charge on any atom is 0.262 e. The van der Waals surface area contributed by atoms with Crippen LogP contribution in [-0.4, -0.2) is 66.2 Å². The van der Waals surface area contributed by atoms with Gasteiger partial charge in [-0.05, 0) is 44.4 Å². The van der Waals surface area contributed by atoms with Crippen molar-refractivity contribution in [3.8, 4) is 0 Å². The summed E-state index contributed by atoms with van der Waals surface area (Å²) in [6, 6.07) is 10.8. The highest BCUT2D eigenvalue weighted by molar-refractivity contribution is 7.22. The number of fused-ring (bicyclic) bond motifs is 2. The number of likely N-dealkylation sites (N-methyl/N-ethyl adjacent to an activating group) is 1. The number of hydrogen-bond donors (Lipinski definition) is 0. The van der Waals surface area contributed by atoms with Crippen molar-refractivity contribution in [2.75, 3.05) is 38.6 Å². The van der Waals surface area contributed by atoms with Crippen LogP contribution in [0.25, 0.3) is 10.2 Å². The Balaban J connectivity index is 0.00000272. The number of imide groups is 1. The molecule has 7 nitrogen and oxygen atoms in total. The minimum atomic E-state index is -0.483. The molecule has 31 heavy (non-hydrogen) atoms. The van der Waals surface area contributed by atoms with Gasteiger partial charge in [-0.3, -0.25) is 24.2 Å². The van der Waals surface area contributed by atoms with Gasteiger partial charge >= 0.3 is 0 Å². The van der Waals surface area contributed by atoms with Crippen molar-refractivity contribution in [2.45, 2.75) is 0 Å². The van der Waals surface area contributed by atoms with Crippen LogP contribution in [0.15, 0.2) is 42.5 Å². The van der Waals surface area contributed by atoms with Crippen LogP contribution in [0.3, 0.4) is 0 Å². The molecule has 1 aliphatic heterocycles. The molecule has 3 amide bonds. The minimum absolute atomic E-state index is 0. The Morgan fingerprint density at radius 1 is 1.06 bits per heavy atom. The molecule has 0 aliphatic carbocycles. The zero-order valence-electron chi connectivity index (χ0n) is 16.9. The average molecular weight is 463 g/mol. The SMILES string of the molecule is CN(C)CCN(C(=O)CN1C(=O)c2ccccc2C1=O)c1nc2ccc(F)cc2s1.Cl. The molecule has 0 radical (unpaired) electrons. The quantitative estimate of drug-likeness (QED) is 0.526. The van der Waals surface area contributed by atoms with Crippen molar-refractivity contribution in [1.29, 1.82) is 0 Å². The molecule has 1 aromatic heterocycles. The zero-order chi connectivity index (χ0) is 21.4. The van der Waals surface area contributed by atoms with Crippen molar-refractivity contribution in [3.63, 3.8) is 0 Å². The molecule has 0 bridgehead atoms. The van der Waals surface area contributed by atoms with Crippen LogP contribution in [0.2, 0.25) is 0 Å². The largest absolute Gasteiger partial charge is 0.308 e. The lowest BCUT2D eigenvalue weighted by atomic mass is 10.1. The van der Waals surface area contributed by atoms with Gasteiger partial charge in [-0.15, -0.1) is 12.4 Å². The number of halogens is 2. The van der Waals surface area contributed by atoms with Crippen LogP contribution < -0.4 is 4.90 Å². The fraction of sp³-hybridized carbons (Fsp3) is 0.238. The molecule has 0 saturated carbocycles. The van der Waals surface area contributed by atoms with E-state index in [1.165, 1.54) is 28.4 Å². The molecule has 162 valence electrons. The summed E-state index contributed by atoms with van der Waals surface area (Å²) >= 11 is 1.19. The summed E-state index contributed by atoms with van der Waals surface area (Å²) in [6.45, 7) is 0.486. The number of rotatable bonds is 6. The Bertz CT molecular complexity index is 1130. The second-order valence-corrected chi connectivity index (χ2v) is 8.21. The van der Waals surface area contributed by atoms with E-state index in [1.54, 1.807) is 30.3 Å². The lowest BCUT2D eigenvalue weighted by molar-refractivity contribution is -0.119. The number of carbonyl (C=O) groups is 3. The number of nitrogens with zero attached hydrogens (tertiary/aromatic N) is 4. The van der Waals surface area contributed by atoms with Gasteiger partial charge in [0.25, 0.3) is 11.8 Å². The molecule has 0 saturated heterocycles. The Kier molecular flexibility index (Phi) is 6.68. The van der Waals surface area contributed by atoms with Gasteiger partial charge in [0.15, 0.2) is 5.13 Å². The molecule has 2 heterocycles. The molecule has 2 aromatic carbocycles. The summed E-state index contributed by atoms with van der Waals surface area (Å²) in [6.07, 6.45) is 0. The standard InChI is InChI=1S/C21H19FN4O3S.ClH/c1-24(2)9-10-25(21-23-16-8-7-13(22)11-17(16)30-21)18(27)12-26-19(28)14-5-3-4-6-15(14)20(26)29;/h3-8,11H,9-10,12H2,1-2H3;1H. The summed E-state index contributed by atoms with van der Waals surface area (Å²) in [5.74, 6) is -1.77. The molecular weight excluding hydrogens is 443 g/mol. The number of aromatic nitrogens is 1. The fourth-order valence-electron chi connectivity index (χ4n) is 3.23. The highest BCUT2D eigenvalue weighted by Crippen LogP contribution is 2.30. The molecule has 3 aromatic rings. The number of hydrogen-bond acceptors (Lipinski definition) is 6. The molecule has 0 unspecified atom stereocenters. The monoisotopic (exact) mass is 462 g/mol. The third-order valence-electron chi connectivity index (χ3n) is 4.81. The molecule has 4 rings (SSSR count). The Hall–Kier alpha value is -2.88. The summed E-state index contributed by atoms with van der Waals surface area (Å²) in [5.41, 5.74) is 1.18. The van der Waals surface area contributed by atoms with Gasteiger partial charge in [0.2, 0.25) is 5.91 Å². The highest BCUT2D eigenvalue weighted by Gasteiger charge is 2.37. The van der Waals surface area contributed by atoms with Crippen molar-refractivity contribution >= 4 is 56.8 Å². The first-order valence-corrected chi connectivity index (χ1v) is 10.1. The summed E-state index contributed by atoms with van der Waals surface area (Å²) in [5, 5.41) is 0.402. The van der Waals surface area contributed by atoms with Crippen LogP contribution in [0.5, 0.6) is 0 Å². The number of amides is 3. The van der Waals surface area contributed by atoms with E-state index < -0.39 is 17.7 Å². The zero-order valence-corrected chi connectivity index (χ0v) is 18.5. The molecule has 0 spiro atoms. The first-order chi connectivity index (χ1) is 14.3. The topological polar surface area (TPSA) is 73.8 Å². The Morgan fingerprint density at radius 2 is 1.71 bits per heavy atom. The molecule has 0 atom stereocenters. The lowest BCUT2D eigenvalue weighted by Gasteiger charge is -2.24. The maximum atomic E-state index is 13.6. The Labute approximate surface area is 188 Å². The lowest BCUT2D eigenvalue weighted by Crippen LogP contribution is -2.45. The summed E-state index contributed by atoms with van der Waals surface area (Å²) in [7, 11) is 3.75. The molecule has 10 heteroatoms.